The number of esters is 1. The van der Waals surface area contributed by atoms with Gasteiger partial charge in [-0.05, 0) is 23.6 Å². The molecule has 3 nitrogen and oxygen atoms in total. The highest BCUT2D eigenvalue weighted by molar-refractivity contribution is 7.12. The van der Waals surface area contributed by atoms with Crippen molar-refractivity contribution in [3.8, 4) is 5.75 Å². The lowest BCUT2D eigenvalue weighted by Gasteiger charge is -2.08. The second-order valence-corrected chi connectivity index (χ2v) is 5.39. The van der Waals surface area contributed by atoms with Crippen LogP contribution in [0.2, 0.25) is 10.0 Å². The molecule has 2 aromatic rings. The minimum atomic E-state index is -0.410. The normalized spacial score (nSPS) is 10.3. The van der Waals surface area contributed by atoms with E-state index in [4.69, 9.17) is 27.9 Å². The summed E-state index contributed by atoms with van der Waals surface area (Å²) in [4.78, 5) is 11.9. The van der Waals surface area contributed by atoms with Crippen molar-refractivity contribution in [3.63, 3.8) is 0 Å². The molecule has 0 spiro atoms. The fraction of sp³-hybridized carbons (Fsp3) is 0.154. The van der Waals surface area contributed by atoms with Gasteiger partial charge >= 0.3 is 5.97 Å². The molecule has 0 saturated carbocycles. The Morgan fingerprint density at radius 3 is 2.79 bits per heavy atom. The van der Waals surface area contributed by atoms with E-state index in [-0.39, 0.29) is 6.61 Å². The van der Waals surface area contributed by atoms with Gasteiger partial charge in [0.15, 0.2) is 4.88 Å². The quantitative estimate of drug-likeness (QED) is 0.783. The van der Waals surface area contributed by atoms with Crippen molar-refractivity contribution >= 4 is 40.5 Å². The van der Waals surface area contributed by atoms with Gasteiger partial charge in [-0.25, -0.2) is 4.79 Å². The van der Waals surface area contributed by atoms with Crippen LogP contribution in [0.1, 0.15) is 15.2 Å². The Kier molecular flexibility index (Phi) is 4.69. The Bertz CT molecular complexity index is 595. The average Bonchev–Trinajstić information content (AvgIpc) is 2.85. The monoisotopic (exact) mass is 316 g/mol. The van der Waals surface area contributed by atoms with Gasteiger partial charge < -0.3 is 9.47 Å². The Labute approximate surface area is 124 Å². The number of carbonyl (C=O) groups excluding carboxylic acids is 1. The van der Waals surface area contributed by atoms with E-state index in [0.29, 0.717) is 20.7 Å². The van der Waals surface area contributed by atoms with Crippen molar-refractivity contribution in [1.29, 1.82) is 0 Å². The molecule has 1 aromatic heterocycles. The molecule has 19 heavy (non-hydrogen) atoms. The van der Waals surface area contributed by atoms with Crippen LogP contribution >= 0.6 is 34.5 Å². The number of halogens is 2. The minimum Gasteiger partial charge on any atom is -0.487 e. The van der Waals surface area contributed by atoms with Crippen LogP contribution in [0.4, 0.5) is 0 Å². The lowest BCUT2D eigenvalue weighted by molar-refractivity contribution is 0.0601. The Morgan fingerprint density at radius 2 is 2.11 bits per heavy atom. The van der Waals surface area contributed by atoms with Gasteiger partial charge in [0, 0.05) is 15.6 Å². The second-order valence-electron chi connectivity index (χ2n) is 3.63. The van der Waals surface area contributed by atoms with Crippen molar-refractivity contribution in [2.75, 3.05) is 7.11 Å². The van der Waals surface area contributed by atoms with Crippen LogP contribution in [0.15, 0.2) is 29.6 Å². The van der Waals surface area contributed by atoms with E-state index in [1.54, 1.807) is 29.6 Å². The number of methoxy groups -OCH3 is 1. The summed E-state index contributed by atoms with van der Waals surface area (Å²) >= 11 is 13.1. The molecule has 0 atom stereocenters. The number of carbonyl (C=O) groups is 1. The maximum Gasteiger partial charge on any atom is 0.351 e. The number of ether oxygens (including phenoxy) is 2. The summed E-state index contributed by atoms with van der Waals surface area (Å²) in [7, 11) is 1.34. The Morgan fingerprint density at radius 1 is 1.32 bits per heavy atom. The molecule has 0 bridgehead atoms. The number of benzene rings is 1. The van der Waals surface area contributed by atoms with Crippen molar-refractivity contribution in [1.82, 2.24) is 0 Å². The molecule has 1 heterocycles. The molecule has 0 aliphatic carbocycles. The first-order chi connectivity index (χ1) is 9.11. The molecule has 0 aliphatic rings. The summed E-state index contributed by atoms with van der Waals surface area (Å²) in [6, 6.07) is 6.90. The van der Waals surface area contributed by atoms with E-state index in [2.05, 4.69) is 4.74 Å². The van der Waals surface area contributed by atoms with Crippen molar-refractivity contribution in [2.24, 2.45) is 0 Å². The summed E-state index contributed by atoms with van der Waals surface area (Å²) in [6.07, 6.45) is 0. The number of hydrogen-bond donors (Lipinski definition) is 0. The van der Waals surface area contributed by atoms with Crippen LogP contribution in [-0.2, 0) is 11.3 Å². The third-order valence-corrected chi connectivity index (χ3v) is 3.86. The fourth-order valence-corrected chi connectivity index (χ4v) is 2.66. The second kappa shape index (κ2) is 6.28. The highest BCUT2D eigenvalue weighted by Gasteiger charge is 2.15. The zero-order valence-corrected chi connectivity index (χ0v) is 12.3. The van der Waals surface area contributed by atoms with E-state index in [0.717, 1.165) is 5.56 Å². The van der Waals surface area contributed by atoms with Crippen molar-refractivity contribution in [3.05, 3.63) is 50.1 Å². The highest BCUT2D eigenvalue weighted by Crippen LogP contribution is 2.28. The predicted octanol–water partition coefficient (Wildman–Crippen LogP) is 4.42. The molecule has 6 heteroatoms. The summed E-state index contributed by atoms with van der Waals surface area (Å²) in [5.74, 6) is 0.0788. The summed E-state index contributed by atoms with van der Waals surface area (Å²) in [6.45, 7) is 0.261. The first-order valence-electron chi connectivity index (χ1n) is 5.34. The molecule has 0 amide bonds. The Balaban J connectivity index is 2.10. The molecule has 0 radical (unpaired) electrons. The molecule has 0 aliphatic heterocycles. The van der Waals surface area contributed by atoms with E-state index in [9.17, 15) is 4.79 Å². The van der Waals surface area contributed by atoms with E-state index < -0.39 is 5.97 Å². The van der Waals surface area contributed by atoms with Gasteiger partial charge in [-0.15, -0.1) is 11.3 Å². The van der Waals surface area contributed by atoms with Gasteiger partial charge in [0.05, 0.1) is 7.11 Å². The highest BCUT2D eigenvalue weighted by atomic mass is 35.5. The van der Waals surface area contributed by atoms with Crippen LogP contribution in [0.3, 0.4) is 0 Å². The van der Waals surface area contributed by atoms with Crippen LogP contribution < -0.4 is 4.74 Å². The van der Waals surface area contributed by atoms with Crippen molar-refractivity contribution < 1.29 is 14.3 Å². The van der Waals surface area contributed by atoms with Gasteiger partial charge in [-0.3, -0.25) is 0 Å². The van der Waals surface area contributed by atoms with Crippen LogP contribution in [0.5, 0.6) is 5.75 Å². The van der Waals surface area contributed by atoms with Gasteiger partial charge in [0.1, 0.15) is 12.4 Å². The number of thiophene rings is 1. The predicted molar refractivity (Wildman–Crippen MR) is 76.5 cm³/mol. The molecule has 100 valence electrons. The maximum absolute atomic E-state index is 11.5. The molecule has 0 fully saturated rings. The summed E-state index contributed by atoms with van der Waals surface area (Å²) in [5, 5.41) is 2.87. The smallest absolute Gasteiger partial charge is 0.351 e. The first-order valence-corrected chi connectivity index (χ1v) is 6.98. The molecule has 1 aromatic carbocycles. The molecular weight excluding hydrogens is 307 g/mol. The van der Waals surface area contributed by atoms with Crippen LogP contribution in [0, 0.1) is 0 Å². The molecule has 0 saturated heterocycles. The van der Waals surface area contributed by atoms with E-state index in [1.165, 1.54) is 18.4 Å². The third-order valence-electron chi connectivity index (χ3n) is 2.40. The average molecular weight is 317 g/mol. The molecular formula is C13H10Cl2O3S. The standard InChI is InChI=1S/C13H10Cl2O3S/c1-17-13(16)12-11(4-5-19-12)18-7-8-2-3-9(14)6-10(8)15/h2-6H,7H2,1H3. The first kappa shape index (κ1) is 14.2. The minimum absolute atomic E-state index is 0.261. The number of rotatable bonds is 4. The van der Waals surface area contributed by atoms with Gasteiger partial charge in [0.2, 0.25) is 0 Å². The lowest BCUT2D eigenvalue weighted by Crippen LogP contribution is -2.03. The van der Waals surface area contributed by atoms with Crippen LogP contribution in [0.25, 0.3) is 0 Å². The summed E-state index contributed by atoms with van der Waals surface area (Å²) in [5.41, 5.74) is 0.799. The van der Waals surface area contributed by atoms with Crippen molar-refractivity contribution in [2.45, 2.75) is 6.61 Å². The van der Waals surface area contributed by atoms with E-state index in [1.807, 2.05) is 0 Å². The molecule has 0 unspecified atom stereocenters. The third kappa shape index (κ3) is 3.41. The van der Waals surface area contributed by atoms with Gasteiger partial charge in [0.25, 0.3) is 0 Å². The largest absolute Gasteiger partial charge is 0.487 e. The summed E-state index contributed by atoms with van der Waals surface area (Å²) < 4.78 is 10.3. The number of hydrogen-bond acceptors (Lipinski definition) is 4. The molecule has 2 rings (SSSR count). The zero-order chi connectivity index (χ0) is 13.8. The molecule has 0 N–H and O–H groups in total. The lowest BCUT2D eigenvalue weighted by atomic mass is 10.2. The zero-order valence-electron chi connectivity index (χ0n) is 9.98. The fourth-order valence-electron chi connectivity index (χ4n) is 1.45. The van der Waals surface area contributed by atoms with Gasteiger partial charge in [-0.2, -0.15) is 0 Å². The van der Waals surface area contributed by atoms with E-state index >= 15 is 0 Å². The van der Waals surface area contributed by atoms with Crippen LogP contribution in [-0.4, -0.2) is 13.1 Å². The SMILES string of the molecule is COC(=O)c1sccc1OCc1ccc(Cl)cc1Cl. The Hall–Kier alpha value is -1.23. The topological polar surface area (TPSA) is 35.5 Å². The maximum atomic E-state index is 11.5. The van der Waals surface area contributed by atoms with Gasteiger partial charge in [-0.1, -0.05) is 29.3 Å².